The van der Waals surface area contributed by atoms with Crippen molar-refractivity contribution >= 4 is 0 Å². The Kier molecular flexibility index (Phi) is 4.58. The summed E-state index contributed by atoms with van der Waals surface area (Å²) in [5.74, 6) is 0.947. The number of benzene rings is 2. The van der Waals surface area contributed by atoms with E-state index in [1.165, 1.54) is 22.3 Å². The molecule has 2 rings (SSSR count). The largest absolute Gasteiger partial charge is 0.489 e. The lowest BCUT2D eigenvalue weighted by atomic mass is 10.1. The fourth-order valence-corrected chi connectivity index (χ4v) is 2.16. The summed E-state index contributed by atoms with van der Waals surface area (Å²) in [5.41, 5.74) is 10.5. The Bertz CT molecular complexity index is 549. The van der Waals surface area contributed by atoms with Crippen LogP contribution in [0.4, 0.5) is 0 Å². The van der Waals surface area contributed by atoms with Crippen LogP contribution in [0.3, 0.4) is 0 Å². The molecule has 0 saturated carbocycles. The van der Waals surface area contributed by atoms with Gasteiger partial charge in [0.1, 0.15) is 12.4 Å². The first-order valence-electron chi connectivity index (χ1n) is 6.67. The summed E-state index contributed by atoms with van der Waals surface area (Å²) >= 11 is 0. The summed E-state index contributed by atoms with van der Waals surface area (Å²) in [6, 6.07) is 14.7. The Balaban J connectivity index is 2.03. The lowest BCUT2D eigenvalue weighted by Gasteiger charge is -2.11. The second-order valence-electron chi connectivity index (χ2n) is 4.92. The molecule has 0 saturated heterocycles. The van der Waals surface area contributed by atoms with Crippen LogP contribution in [0, 0.1) is 13.8 Å². The maximum absolute atomic E-state index is 5.88. The standard InChI is InChI=1S/C17H21NO/c1-13-4-3-5-16(10-13)12-19-17-7-6-15(8-9-18)11-14(17)2/h3-7,10-11H,8-9,12,18H2,1-2H3. The van der Waals surface area contributed by atoms with Gasteiger partial charge in [-0.2, -0.15) is 0 Å². The van der Waals surface area contributed by atoms with E-state index >= 15 is 0 Å². The van der Waals surface area contributed by atoms with E-state index in [1.807, 2.05) is 6.07 Å². The minimum atomic E-state index is 0.610. The highest BCUT2D eigenvalue weighted by Gasteiger charge is 2.02. The van der Waals surface area contributed by atoms with Gasteiger partial charge in [0.25, 0.3) is 0 Å². The van der Waals surface area contributed by atoms with Gasteiger partial charge in [0.2, 0.25) is 0 Å². The average molecular weight is 255 g/mol. The fraction of sp³-hybridized carbons (Fsp3) is 0.294. The summed E-state index contributed by atoms with van der Waals surface area (Å²) in [6.07, 6.45) is 0.916. The molecule has 0 aliphatic rings. The fourth-order valence-electron chi connectivity index (χ4n) is 2.16. The molecule has 0 unspecified atom stereocenters. The van der Waals surface area contributed by atoms with Gasteiger partial charge < -0.3 is 10.5 Å². The minimum Gasteiger partial charge on any atom is -0.489 e. The van der Waals surface area contributed by atoms with E-state index in [2.05, 4.69) is 50.2 Å². The molecule has 0 aliphatic heterocycles. The summed E-state index contributed by atoms with van der Waals surface area (Å²) in [7, 11) is 0. The smallest absolute Gasteiger partial charge is 0.122 e. The molecule has 0 aliphatic carbocycles. The monoisotopic (exact) mass is 255 g/mol. The number of hydrogen-bond donors (Lipinski definition) is 1. The molecule has 19 heavy (non-hydrogen) atoms. The lowest BCUT2D eigenvalue weighted by molar-refractivity contribution is 0.304. The molecule has 0 amide bonds. The molecule has 0 aromatic heterocycles. The highest BCUT2D eigenvalue weighted by Crippen LogP contribution is 2.20. The van der Waals surface area contributed by atoms with Gasteiger partial charge in [0, 0.05) is 0 Å². The number of rotatable bonds is 5. The average Bonchev–Trinajstić information content (AvgIpc) is 2.38. The second kappa shape index (κ2) is 6.39. The summed E-state index contributed by atoms with van der Waals surface area (Å²) < 4.78 is 5.88. The van der Waals surface area contributed by atoms with E-state index in [0.717, 1.165) is 12.2 Å². The van der Waals surface area contributed by atoms with Gasteiger partial charge in [0.15, 0.2) is 0 Å². The van der Waals surface area contributed by atoms with Crippen molar-refractivity contribution in [2.24, 2.45) is 5.73 Å². The zero-order valence-electron chi connectivity index (χ0n) is 11.6. The number of aryl methyl sites for hydroxylation is 2. The van der Waals surface area contributed by atoms with Crippen LogP contribution in [0.15, 0.2) is 42.5 Å². The van der Waals surface area contributed by atoms with Crippen molar-refractivity contribution in [3.63, 3.8) is 0 Å². The molecule has 0 bridgehead atoms. The molecule has 0 atom stereocenters. The Morgan fingerprint density at radius 1 is 1.00 bits per heavy atom. The number of ether oxygens (including phenoxy) is 1. The second-order valence-corrected chi connectivity index (χ2v) is 4.92. The van der Waals surface area contributed by atoms with Crippen LogP contribution >= 0.6 is 0 Å². The molecular formula is C17H21NO. The number of hydrogen-bond acceptors (Lipinski definition) is 2. The van der Waals surface area contributed by atoms with Gasteiger partial charge in [-0.05, 0) is 49.6 Å². The summed E-state index contributed by atoms with van der Waals surface area (Å²) in [4.78, 5) is 0. The molecule has 2 aromatic rings. The topological polar surface area (TPSA) is 35.2 Å². The predicted octanol–water partition coefficient (Wildman–Crippen LogP) is 3.38. The zero-order chi connectivity index (χ0) is 13.7. The van der Waals surface area contributed by atoms with Gasteiger partial charge in [0.05, 0.1) is 0 Å². The molecule has 2 heteroatoms. The van der Waals surface area contributed by atoms with Crippen LogP contribution in [0.1, 0.15) is 22.3 Å². The van der Waals surface area contributed by atoms with Gasteiger partial charge in [-0.1, -0.05) is 42.0 Å². The molecular weight excluding hydrogens is 234 g/mol. The SMILES string of the molecule is Cc1cccc(COc2ccc(CCN)cc2C)c1. The molecule has 100 valence electrons. The first-order valence-corrected chi connectivity index (χ1v) is 6.67. The van der Waals surface area contributed by atoms with Crippen LogP contribution < -0.4 is 10.5 Å². The van der Waals surface area contributed by atoms with Crippen LogP contribution in [-0.4, -0.2) is 6.54 Å². The van der Waals surface area contributed by atoms with Crippen molar-refractivity contribution < 1.29 is 4.74 Å². The van der Waals surface area contributed by atoms with Crippen LogP contribution in [0.2, 0.25) is 0 Å². The van der Waals surface area contributed by atoms with Gasteiger partial charge in [-0.25, -0.2) is 0 Å². The first kappa shape index (κ1) is 13.6. The normalized spacial score (nSPS) is 10.5. The summed E-state index contributed by atoms with van der Waals surface area (Å²) in [6.45, 7) is 5.46. The molecule has 2 nitrogen and oxygen atoms in total. The zero-order valence-corrected chi connectivity index (χ0v) is 11.6. The molecule has 2 aromatic carbocycles. The third-order valence-corrected chi connectivity index (χ3v) is 3.15. The maximum Gasteiger partial charge on any atom is 0.122 e. The molecule has 0 fully saturated rings. The highest BCUT2D eigenvalue weighted by molar-refractivity contribution is 5.36. The first-order chi connectivity index (χ1) is 9.19. The quantitative estimate of drug-likeness (QED) is 0.889. The van der Waals surface area contributed by atoms with E-state index in [4.69, 9.17) is 10.5 Å². The van der Waals surface area contributed by atoms with E-state index in [9.17, 15) is 0 Å². The third kappa shape index (κ3) is 3.83. The van der Waals surface area contributed by atoms with Crippen LogP contribution in [-0.2, 0) is 13.0 Å². The van der Waals surface area contributed by atoms with Crippen LogP contribution in [0.25, 0.3) is 0 Å². The van der Waals surface area contributed by atoms with Crippen molar-refractivity contribution in [2.45, 2.75) is 26.9 Å². The Morgan fingerprint density at radius 2 is 1.84 bits per heavy atom. The van der Waals surface area contributed by atoms with Gasteiger partial charge >= 0.3 is 0 Å². The number of nitrogens with two attached hydrogens (primary N) is 1. The molecule has 0 heterocycles. The molecule has 0 radical (unpaired) electrons. The third-order valence-electron chi connectivity index (χ3n) is 3.15. The Labute approximate surface area is 115 Å². The van der Waals surface area contributed by atoms with Crippen LogP contribution in [0.5, 0.6) is 5.75 Å². The van der Waals surface area contributed by atoms with Crippen molar-refractivity contribution in [1.29, 1.82) is 0 Å². The molecule has 2 N–H and O–H groups in total. The summed E-state index contributed by atoms with van der Waals surface area (Å²) in [5, 5.41) is 0. The van der Waals surface area contributed by atoms with Crippen molar-refractivity contribution in [3.05, 3.63) is 64.7 Å². The van der Waals surface area contributed by atoms with Crippen molar-refractivity contribution in [1.82, 2.24) is 0 Å². The Morgan fingerprint density at radius 3 is 2.53 bits per heavy atom. The van der Waals surface area contributed by atoms with E-state index in [1.54, 1.807) is 0 Å². The van der Waals surface area contributed by atoms with E-state index < -0.39 is 0 Å². The molecule has 0 spiro atoms. The van der Waals surface area contributed by atoms with Gasteiger partial charge in [-0.3, -0.25) is 0 Å². The van der Waals surface area contributed by atoms with Crippen molar-refractivity contribution in [3.8, 4) is 5.75 Å². The minimum absolute atomic E-state index is 0.610. The predicted molar refractivity (Wildman–Crippen MR) is 79.4 cm³/mol. The maximum atomic E-state index is 5.88. The highest BCUT2D eigenvalue weighted by atomic mass is 16.5. The van der Waals surface area contributed by atoms with Gasteiger partial charge in [-0.15, -0.1) is 0 Å². The lowest BCUT2D eigenvalue weighted by Crippen LogP contribution is -2.03. The van der Waals surface area contributed by atoms with E-state index in [0.29, 0.717) is 13.2 Å². The van der Waals surface area contributed by atoms with Crippen molar-refractivity contribution in [2.75, 3.05) is 6.54 Å². The van der Waals surface area contributed by atoms with E-state index in [-0.39, 0.29) is 0 Å². The Hall–Kier alpha value is -1.80.